The molecule has 0 bridgehead atoms. The molecular weight excluding hydrogens is 416 g/mol. The molecule has 166 valence electrons. The molecule has 1 unspecified atom stereocenters. The van der Waals surface area contributed by atoms with Crippen LogP contribution in [0.5, 0.6) is 0 Å². The average Bonchev–Trinajstić information content (AvgIpc) is 3.48. The van der Waals surface area contributed by atoms with E-state index in [2.05, 4.69) is 15.4 Å². The molecule has 0 spiro atoms. The molecule has 1 N–H and O–H groups in total. The zero-order valence-corrected chi connectivity index (χ0v) is 18.3. The Bertz CT molecular complexity index is 1280. The molecule has 2 aromatic heterocycles. The van der Waals surface area contributed by atoms with Gasteiger partial charge in [-0.2, -0.15) is 5.10 Å². The molecule has 1 aliphatic heterocycles. The number of carbonyl (C=O) groups is 2. The summed E-state index contributed by atoms with van der Waals surface area (Å²) in [6.45, 7) is 1.46. The highest BCUT2D eigenvalue weighted by Crippen LogP contribution is 2.32. The molecule has 0 fully saturated rings. The highest BCUT2D eigenvalue weighted by Gasteiger charge is 2.35. The normalized spacial score (nSPS) is 15.2. The first-order chi connectivity index (χ1) is 16.1. The lowest BCUT2D eigenvalue weighted by Crippen LogP contribution is -2.42. The van der Waals surface area contributed by atoms with Crippen molar-refractivity contribution in [3.05, 3.63) is 107 Å². The molecule has 3 heterocycles. The Balaban J connectivity index is 1.45. The predicted octanol–water partition coefficient (Wildman–Crippen LogP) is 2.79. The molecule has 2 aromatic carbocycles. The van der Waals surface area contributed by atoms with E-state index in [1.807, 2.05) is 83.4 Å². The first-order valence-electron chi connectivity index (χ1n) is 10.8. The van der Waals surface area contributed by atoms with E-state index in [0.717, 1.165) is 11.1 Å². The number of aromatic nitrogens is 4. The summed E-state index contributed by atoms with van der Waals surface area (Å²) >= 11 is 0. The maximum absolute atomic E-state index is 13.4. The Morgan fingerprint density at radius 1 is 1.00 bits per heavy atom. The van der Waals surface area contributed by atoms with Crippen molar-refractivity contribution in [2.24, 2.45) is 7.05 Å². The van der Waals surface area contributed by atoms with Crippen LogP contribution >= 0.6 is 0 Å². The van der Waals surface area contributed by atoms with Gasteiger partial charge in [-0.15, -0.1) is 0 Å². The molecule has 2 amide bonds. The van der Waals surface area contributed by atoms with E-state index in [0.29, 0.717) is 36.7 Å². The van der Waals surface area contributed by atoms with Crippen molar-refractivity contribution >= 4 is 11.8 Å². The molecule has 0 aliphatic carbocycles. The number of benzene rings is 2. The number of carbonyl (C=O) groups excluding carboxylic acids is 2. The third-order valence-corrected chi connectivity index (χ3v) is 5.79. The van der Waals surface area contributed by atoms with Gasteiger partial charge in [-0.1, -0.05) is 48.5 Å². The lowest BCUT2D eigenvalue weighted by Gasteiger charge is -2.36. The minimum atomic E-state index is -0.382. The maximum Gasteiger partial charge on any atom is 0.271 e. The number of imidazole rings is 1. The first-order valence-corrected chi connectivity index (χ1v) is 10.8. The zero-order chi connectivity index (χ0) is 22.8. The molecule has 0 saturated heterocycles. The summed E-state index contributed by atoms with van der Waals surface area (Å²) in [6.07, 6.45) is 5.35. The van der Waals surface area contributed by atoms with Gasteiger partial charge < -0.3 is 14.8 Å². The van der Waals surface area contributed by atoms with Crippen LogP contribution in [0.4, 0.5) is 0 Å². The smallest absolute Gasteiger partial charge is 0.271 e. The minimum absolute atomic E-state index is 0.0544. The number of hydrogen-bond donors (Lipinski definition) is 1. The van der Waals surface area contributed by atoms with Crippen LogP contribution in [0.2, 0.25) is 0 Å². The molecule has 8 nitrogen and oxygen atoms in total. The number of aryl methyl sites for hydroxylation is 1. The Hall–Kier alpha value is -4.20. The summed E-state index contributed by atoms with van der Waals surface area (Å²) in [4.78, 5) is 32.8. The molecule has 0 radical (unpaired) electrons. The monoisotopic (exact) mass is 440 g/mol. The van der Waals surface area contributed by atoms with Crippen LogP contribution in [-0.2, 0) is 20.1 Å². The summed E-state index contributed by atoms with van der Waals surface area (Å²) < 4.78 is 3.67. The fourth-order valence-corrected chi connectivity index (χ4v) is 4.19. The van der Waals surface area contributed by atoms with Crippen LogP contribution in [0.3, 0.4) is 0 Å². The molecule has 33 heavy (non-hydrogen) atoms. The van der Waals surface area contributed by atoms with Crippen molar-refractivity contribution in [3.8, 4) is 0 Å². The van der Waals surface area contributed by atoms with E-state index >= 15 is 0 Å². The van der Waals surface area contributed by atoms with Gasteiger partial charge >= 0.3 is 0 Å². The van der Waals surface area contributed by atoms with Crippen LogP contribution < -0.4 is 5.32 Å². The molecule has 5 rings (SSSR count). The van der Waals surface area contributed by atoms with Gasteiger partial charge in [0.25, 0.3) is 11.8 Å². The topological polar surface area (TPSA) is 85.0 Å². The average molecular weight is 441 g/mol. The highest BCUT2D eigenvalue weighted by atomic mass is 16.2. The molecule has 1 aliphatic rings. The second kappa shape index (κ2) is 8.74. The van der Waals surface area contributed by atoms with E-state index in [-0.39, 0.29) is 17.9 Å². The van der Waals surface area contributed by atoms with Gasteiger partial charge in [0.05, 0.1) is 6.20 Å². The summed E-state index contributed by atoms with van der Waals surface area (Å²) in [5.74, 6) is 0.373. The van der Waals surface area contributed by atoms with E-state index < -0.39 is 0 Å². The molecule has 1 atom stereocenters. The van der Waals surface area contributed by atoms with Gasteiger partial charge in [0.15, 0.2) is 0 Å². The second-order valence-electron chi connectivity index (χ2n) is 8.06. The summed E-state index contributed by atoms with van der Waals surface area (Å²) in [5, 5.41) is 7.03. The Morgan fingerprint density at radius 2 is 1.73 bits per heavy atom. The highest BCUT2D eigenvalue weighted by molar-refractivity contribution is 5.95. The first kappa shape index (κ1) is 20.7. The minimum Gasteiger partial charge on any atom is -0.346 e. The standard InChI is InChI=1S/C25H24N6O2/c1-29-16-18(15-27-29)14-26-24(32)21-17-30-12-13-31(25(33)20-10-6-3-7-11-20)22(23(30)28-21)19-8-4-2-5-9-19/h2-11,15-17,22H,12-14H2,1H3,(H,26,32). The fraction of sp³-hybridized carbons (Fsp3) is 0.200. The Kier molecular flexibility index (Phi) is 5.48. The molecule has 0 saturated carbocycles. The van der Waals surface area contributed by atoms with Crippen molar-refractivity contribution in [1.29, 1.82) is 0 Å². The molecule has 8 heteroatoms. The lowest BCUT2D eigenvalue weighted by molar-refractivity contribution is 0.0658. The number of rotatable bonds is 5. The second-order valence-corrected chi connectivity index (χ2v) is 8.06. The number of hydrogen-bond acceptors (Lipinski definition) is 4. The zero-order valence-electron chi connectivity index (χ0n) is 18.3. The van der Waals surface area contributed by atoms with Crippen molar-refractivity contribution in [2.75, 3.05) is 6.54 Å². The van der Waals surface area contributed by atoms with E-state index in [1.165, 1.54) is 0 Å². The van der Waals surface area contributed by atoms with E-state index in [1.54, 1.807) is 17.1 Å². The SMILES string of the molecule is Cn1cc(CNC(=O)c2cn3c(n2)C(c2ccccc2)N(C(=O)c2ccccc2)CC3)cn1. The third-order valence-electron chi connectivity index (χ3n) is 5.79. The largest absolute Gasteiger partial charge is 0.346 e. The molecule has 4 aromatic rings. The number of amides is 2. The van der Waals surface area contributed by atoms with Crippen LogP contribution in [0.25, 0.3) is 0 Å². The van der Waals surface area contributed by atoms with Gasteiger partial charge in [0.2, 0.25) is 0 Å². The number of nitrogens with one attached hydrogen (secondary N) is 1. The van der Waals surface area contributed by atoms with Crippen molar-refractivity contribution in [3.63, 3.8) is 0 Å². The van der Waals surface area contributed by atoms with Crippen LogP contribution in [0.1, 0.15) is 43.8 Å². The van der Waals surface area contributed by atoms with Gasteiger partial charge in [-0.25, -0.2) is 4.98 Å². The quantitative estimate of drug-likeness (QED) is 0.517. The predicted molar refractivity (Wildman–Crippen MR) is 122 cm³/mol. The Labute approximate surface area is 191 Å². The summed E-state index contributed by atoms with van der Waals surface area (Å²) in [5.41, 5.74) is 2.84. The number of fused-ring (bicyclic) bond motifs is 1. The van der Waals surface area contributed by atoms with E-state index in [9.17, 15) is 9.59 Å². The van der Waals surface area contributed by atoms with Crippen LogP contribution in [-0.4, -0.2) is 42.6 Å². The van der Waals surface area contributed by atoms with Gasteiger partial charge in [-0.05, 0) is 17.7 Å². The van der Waals surface area contributed by atoms with Gasteiger partial charge in [-0.3, -0.25) is 14.3 Å². The summed E-state index contributed by atoms with van der Waals surface area (Å²) in [6, 6.07) is 18.7. The Morgan fingerprint density at radius 3 is 2.42 bits per heavy atom. The van der Waals surface area contributed by atoms with E-state index in [4.69, 9.17) is 0 Å². The van der Waals surface area contributed by atoms with Crippen LogP contribution in [0.15, 0.2) is 79.3 Å². The van der Waals surface area contributed by atoms with Crippen molar-refractivity contribution in [2.45, 2.75) is 19.1 Å². The van der Waals surface area contributed by atoms with Crippen LogP contribution in [0, 0.1) is 0 Å². The van der Waals surface area contributed by atoms with Crippen molar-refractivity contribution in [1.82, 2.24) is 29.5 Å². The molecular formula is C25H24N6O2. The van der Waals surface area contributed by atoms with Gasteiger partial charge in [0.1, 0.15) is 17.6 Å². The van der Waals surface area contributed by atoms with Gasteiger partial charge in [0, 0.05) is 50.2 Å². The lowest BCUT2D eigenvalue weighted by atomic mass is 10.0. The van der Waals surface area contributed by atoms with Crippen molar-refractivity contribution < 1.29 is 9.59 Å². The maximum atomic E-state index is 13.4. The fourth-order valence-electron chi connectivity index (χ4n) is 4.19. The number of nitrogens with zero attached hydrogens (tertiary/aromatic N) is 5. The third kappa shape index (κ3) is 4.15. The summed E-state index contributed by atoms with van der Waals surface area (Å²) in [7, 11) is 1.83.